The molecule has 3 amide bonds. The molecule has 1 aromatic rings. The number of amides is 3. The molecular weight excluding hydrogens is 414 g/mol. The molecule has 1 saturated carbocycles. The van der Waals surface area contributed by atoms with Crippen LogP contribution in [-0.4, -0.2) is 17.7 Å². The second kappa shape index (κ2) is 11.7. The topological polar surface area (TPSA) is 87.3 Å². The van der Waals surface area contributed by atoms with E-state index >= 15 is 0 Å². The first-order valence-electron chi connectivity index (χ1n) is 12.4. The van der Waals surface area contributed by atoms with Gasteiger partial charge >= 0.3 is 0 Å². The smallest absolute Gasteiger partial charge is 0.227 e. The summed E-state index contributed by atoms with van der Waals surface area (Å²) in [5.74, 6) is 0.933. The van der Waals surface area contributed by atoms with Crippen molar-refractivity contribution < 1.29 is 14.4 Å². The van der Waals surface area contributed by atoms with Gasteiger partial charge < -0.3 is 16.0 Å². The summed E-state index contributed by atoms with van der Waals surface area (Å²) in [6, 6.07) is 5.25. The van der Waals surface area contributed by atoms with Crippen molar-refractivity contribution in [3.8, 4) is 0 Å². The minimum absolute atomic E-state index is 0.00692. The van der Waals surface area contributed by atoms with Gasteiger partial charge in [-0.05, 0) is 67.1 Å². The molecule has 3 N–H and O–H groups in total. The number of nitrogens with one attached hydrogen (secondary N) is 3. The summed E-state index contributed by atoms with van der Waals surface area (Å²) >= 11 is 0. The van der Waals surface area contributed by atoms with Gasteiger partial charge in [-0.2, -0.15) is 0 Å². The zero-order valence-electron chi connectivity index (χ0n) is 21.5. The van der Waals surface area contributed by atoms with Gasteiger partial charge in [0.25, 0.3) is 0 Å². The summed E-state index contributed by atoms with van der Waals surface area (Å²) in [5, 5.41) is 8.84. The standard InChI is InChI=1S/C27H43N3O3/c1-17(2)12-24(31)28-21-14-22(29-25(32)13-18(3)4)16-23(15-21)30-26(33)19-8-10-20(11-9-19)27(5,6)7/h14-20H,8-13H2,1-7H3,(H,28,31)(H,29,32)(H,30,33). The maximum absolute atomic E-state index is 13.0. The lowest BCUT2D eigenvalue weighted by atomic mass is 9.69. The molecule has 0 bridgehead atoms. The number of rotatable bonds is 8. The van der Waals surface area contributed by atoms with Crippen LogP contribution in [0.4, 0.5) is 17.1 Å². The molecule has 0 heterocycles. The van der Waals surface area contributed by atoms with Crippen molar-refractivity contribution in [2.45, 2.75) is 87.0 Å². The fourth-order valence-corrected chi connectivity index (χ4v) is 4.48. The van der Waals surface area contributed by atoms with Gasteiger partial charge in [0.15, 0.2) is 0 Å². The molecule has 0 radical (unpaired) electrons. The van der Waals surface area contributed by atoms with Crippen LogP contribution >= 0.6 is 0 Å². The fraction of sp³-hybridized carbons (Fsp3) is 0.667. The van der Waals surface area contributed by atoms with Crippen LogP contribution in [-0.2, 0) is 14.4 Å². The van der Waals surface area contributed by atoms with E-state index in [-0.39, 0.29) is 40.9 Å². The molecule has 0 unspecified atom stereocenters. The highest BCUT2D eigenvalue weighted by Gasteiger charge is 2.32. The van der Waals surface area contributed by atoms with Crippen molar-refractivity contribution in [1.29, 1.82) is 0 Å². The van der Waals surface area contributed by atoms with E-state index in [0.29, 0.717) is 35.8 Å². The first kappa shape index (κ1) is 26.9. The lowest BCUT2D eigenvalue weighted by molar-refractivity contribution is -0.121. The molecule has 33 heavy (non-hydrogen) atoms. The molecule has 1 aromatic carbocycles. The lowest BCUT2D eigenvalue weighted by Crippen LogP contribution is -2.31. The van der Waals surface area contributed by atoms with Crippen molar-refractivity contribution >= 4 is 34.8 Å². The SMILES string of the molecule is CC(C)CC(=O)Nc1cc(NC(=O)CC(C)C)cc(NC(=O)C2CCC(C(C)(C)C)CC2)c1. The predicted molar refractivity (Wildman–Crippen MR) is 136 cm³/mol. The highest BCUT2D eigenvalue weighted by atomic mass is 16.2. The zero-order valence-corrected chi connectivity index (χ0v) is 21.5. The Morgan fingerprint density at radius 3 is 1.52 bits per heavy atom. The number of carbonyl (C=O) groups excluding carboxylic acids is 3. The Morgan fingerprint density at radius 1 is 0.758 bits per heavy atom. The van der Waals surface area contributed by atoms with Gasteiger partial charge in [-0.1, -0.05) is 48.5 Å². The average Bonchev–Trinajstić information content (AvgIpc) is 2.65. The van der Waals surface area contributed by atoms with E-state index in [1.807, 2.05) is 27.7 Å². The molecule has 1 aliphatic carbocycles. The minimum atomic E-state index is -0.0894. The number of benzene rings is 1. The highest BCUT2D eigenvalue weighted by molar-refractivity contribution is 5.98. The van der Waals surface area contributed by atoms with E-state index < -0.39 is 0 Å². The van der Waals surface area contributed by atoms with Crippen molar-refractivity contribution in [3.63, 3.8) is 0 Å². The molecule has 6 nitrogen and oxygen atoms in total. The van der Waals surface area contributed by atoms with Gasteiger partial charge in [0.2, 0.25) is 17.7 Å². The van der Waals surface area contributed by atoms with Crippen LogP contribution in [0.15, 0.2) is 18.2 Å². The van der Waals surface area contributed by atoms with Gasteiger partial charge in [-0.3, -0.25) is 14.4 Å². The van der Waals surface area contributed by atoms with Crippen LogP contribution in [0.25, 0.3) is 0 Å². The Hall–Kier alpha value is -2.37. The largest absolute Gasteiger partial charge is 0.326 e. The van der Waals surface area contributed by atoms with E-state index in [4.69, 9.17) is 0 Å². The third-order valence-electron chi connectivity index (χ3n) is 6.28. The van der Waals surface area contributed by atoms with Crippen LogP contribution in [0.5, 0.6) is 0 Å². The number of carbonyl (C=O) groups is 3. The van der Waals surface area contributed by atoms with Crippen LogP contribution in [0, 0.1) is 29.1 Å². The third-order valence-corrected chi connectivity index (χ3v) is 6.28. The van der Waals surface area contributed by atoms with E-state index in [9.17, 15) is 14.4 Å². The normalized spacial score (nSPS) is 18.8. The van der Waals surface area contributed by atoms with Gasteiger partial charge in [0.05, 0.1) is 0 Å². The lowest BCUT2D eigenvalue weighted by Gasteiger charge is -2.36. The molecular formula is C27H43N3O3. The van der Waals surface area contributed by atoms with E-state index in [1.165, 1.54) is 0 Å². The maximum Gasteiger partial charge on any atom is 0.227 e. The minimum Gasteiger partial charge on any atom is -0.326 e. The molecule has 2 rings (SSSR count). The number of hydrogen-bond acceptors (Lipinski definition) is 3. The van der Waals surface area contributed by atoms with Crippen molar-refractivity contribution in [2.75, 3.05) is 16.0 Å². The number of anilines is 3. The van der Waals surface area contributed by atoms with E-state index in [0.717, 1.165) is 25.7 Å². The number of hydrogen-bond donors (Lipinski definition) is 3. The average molecular weight is 458 g/mol. The summed E-state index contributed by atoms with van der Waals surface area (Å²) in [4.78, 5) is 37.6. The molecule has 0 aromatic heterocycles. The van der Waals surface area contributed by atoms with Crippen molar-refractivity contribution in [3.05, 3.63) is 18.2 Å². The Kier molecular flexibility index (Phi) is 9.50. The Morgan fingerprint density at radius 2 is 1.15 bits per heavy atom. The predicted octanol–water partition coefficient (Wildman–Crippen LogP) is 6.45. The summed E-state index contributed by atoms with van der Waals surface area (Å²) < 4.78 is 0. The molecule has 1 fully saturated rings. The molecule has 0 spiro atoms. The van der Waals surface area contributed by atoms with Crippen LogP contribution < -0.4 is 16.0 Å². The Balaban J connectivity index is 2.13. The summed E-state index contributed by atoms with van der Waals surface area (Å²) in [6.45, 7) is 14.8. The summed E-state index contributed by atoms with van der Waals surface area (Å²) in [6.07, 6.45) is 4.70. The van der Waals surface area contributed by atoms with Gasteiger partial charge in [0, 0.05) is 35.8 Å². The molecule has 1 aliphatic rings. The molecule has 184 valence electrons. The molecule has 0 aliphatic heterocycles. The third kappa shape index (κ3) is 9.18. The van der Waals surface area contributed by atoms with Crippen molar-refractivity contribution in [1.82, 2.24) is 0 Å². The van der Waals surface area contributed by atoms with Gasteiger partial charge in [-0.15, -0.1) is 0 Å². The first-order valence-corrected chi connectivity index (χ1v) is 12.4. The molecule has 0 atom stereocenters. The monoisotopic (exact) mass is 457 g/mol. The second-order valence-corrected chi connectivity index (χ2v) is 11.5. The van der Waals surface area contributed by atoms with E-state index in [2.05, 4.69) is 36.7 Å². The zero-order chi connectivity index (χ0) is 24.8. The fourth-order valence-electron chi connectivity index (χ4n) is 4.48. The van der Waals surface area contributed by atoms with Crippen molar-refractivity contribution in [2.24, 2.45) is 29.1 Å². The molecule has 6 heteroatoms. The van der Waals surface area contributed by atoms with Crippen LogP contribution in [0.3, 0.4) is 0 Å². The quantitative estimate of drug-likeness (QED) is 0.419. The van der Waals surface area contributed by atoms with Gasteiger partial charge in [-0.25, -0.2) is 0 Å². The highest BCUT2D eigenvalue weighted by Crippen LogP contribution is 2.40. The van der Waals surface area contributed by atoms with E-state index in [1.54, 1.807) is 18.2 Å². The Bertz CT molecular complexity index is 789. The van der Waals surface area contributed by atoms with Gasteiger partial charge in [0.1, 0.15) is 0 Å². The van der Waals surface area contributed by atoms with Crippen LogP contribution in [0.1, 0.15) is 87.0 Å². The summed E-state index contributed by atoms with van der Waals surface area (Å²) in [5.41, 5.74) is 1.98. The van der Waals surface area contributed by atoms with Crippen LogP contribution in [0.2, 0.25) is 0 Å². The maximum atomic E-state index is 13.0. The second-order valence-electron chi connectivity index (χ2n) is 11.5. The summed E-state index contributed by atoms with van der Waals surface area (Å²) in [7, 11) is 0. The molecule has 0 saturated heterocycles. The first-order chi connectivity index (χ1) is 15.3. The Labute approximate surface area is 199 Å².